The average molecular weight is 875 g/mol. The van der Waals surface area contributed by atoms with E-state index in [1.807, 2.05) is 0 Å². The first-order valence-corrected chi connectivity index (χ1v) is 21.9. The van der Waals surface area contributed by atoms with Crippen molar-refractivity contribution in [3.8, 4) is 0 Å². The molecule has 0 unspecified atom stereocenters. The Labute approximate surface area is 354 Å². The predicted octanol–water partition coefficient (Wildman–Crippen LogP) is -2.27. The van der Waals surface area contributed by atoms with Crippen molar-refractivity contribution in [1.29, 1.82) is 0 Å². The molecule has 3 saturated heterocycles. The van der Waals surface area contributed by atoms with Gasteiger partial charge in [-0.25, -0.2) is 4.79 Å². The van der Waals surface area contributed by atoms with E-state index in [-0.39, 0.29) is 42.7 Å². The van der Waals surface area contributed by atoms with Crippen LogP contribution in [0.25, 0.3) is 0 Å². The number of cyclic esters (lactones) is 1. The minimum absolute atomic E-state index is 0.00622. The second kappa shape index (κ2) is 17.4. The monoisotopic (exact) mass is 874 g/mol. The van der Waals surface area contributed by atoms with Crippen molar-refractivity contribution in [3.63, 3.8) is 0 Å². The van der Waals surface area contributed by atoms with E-state index in [9.17, 15) is 55.9 Å². The van der Waals surface area contributed by atoms with Crippen molar-refractivity contribution in [2.24, 2.45) is 34.5 Å². The second-order valence-electron chi connectivity index (χ2n) is 19.4. The van der Waals surface area contributed by atoms with Gasteiger partial charge in [-0.2, -0.15) is 0 Å². The first kappa shape index (κ1) is 46.1. The zero-order valence-electron chi connectivity index (χ0n) is 35.1. The molecule has 4 aliphatic heterocycles. The van der Waals surface area contributed by atoms with Gasteiger partial charge in [-0.15, -0.1) is 0 Å². The Hall–Kier alpha value is -1.47. The zero-order valence-corrected chi connectivity index (χ0v) is 35.1. The molecule has 348 valence electrons. The van der Waals surface area contributed by atoms with Gasteiger partial charge in [0.05, 0.1) is 37.1 Å². The summed E-state index contributed by atoms with van der Waals surface area (Å²) < 4.78 is 46.4. The SMILES string of the molecule is CO[C@H]1[C@@H](O)[C@H](O[C@@H]2C[C@H]3CC[C@@H]4[C@H](CC[C@]5(C)[C@@H](C6=CC(=O)OC6)CC[C@]45O)[C@@]3(C)[C@H](O)C2)O[C@@H](C)[C@H]1O[C@@H]1O[C@H](CO[C@@H]2O[C@H](CO)[C@@H](O)[C@H](O)[C@H]2O)[C@@H](O)[C@H](O)[C@H]1O. The molecule has 0 aromatic carbocycles. The lowest BCUT2D eigenvalue weighted by molar-refractivity contribution is -0.368. The van der Waals surface area contributed by atoms with Gasteiger partial charge in [-0.05, 0) is 86.5 Å². The highest BCUT2D eigenvalue weighted by atomic mass is 16.8. The van der Waals surface area contributed by atoms with E-state index in [1.165, 1.54) is 7.11 Å². The Morgan fingerprint density at radius 1 is 0.738 bits per heavy atom. The molecule has 4 heterocycles. The molecule has 0 radical (unpaired) electrons. The Morgan fingerprint density at radius 2 is 1.41 bits per heavy atom. The molecule has 0 aromatic heterocycles. The molecular weight excluding hydrogens is 808 g/mol. The molecule has 0 aromatic rings. The summed E-state index contributed by atoms with van der Waals surface area (Å²) in [5.41, 5.74) is -0.840. The van der Waals surface area contributed by atoms with Crippen molar-refractivity contribution >= 4 is 5.97 Å². The largest absolute Gasteiger partial charge is 0.458 e. The minimum atomic E-state index is -1.80. The summed E-state index contributed by atoms with van der Waals surface area (Å²) in [5.74, 6) is -0.102. The molecule has 4 saturated carbocycles. The van der Waals surface area contributed by atoms with Crippen LogP contribution >= 0.6 is 0 Å². The normalized spacial score (nSPS) is 55.0. The Balaban J connectivity index is 0.890. The topological polar surface area (TPSA) is 293 Å². The van der Waals surface area contributed by atoms with Crippen molar-refractivity contribution < 1.29 is 93.8 Å². The van der Waals surface area contributed by atoms with E-state index in [4.69, 9.17) is 37.9 Å². The number of rotatable bonds is 10. The van der Waals surface area contributed by atoms with Crippen LogP contribution in [0.3, 0.4) is 0 Å². The molecule has 8 rings (SSSR count). The van der Waals surface area contributed by atoms with Gasteiger partial charge in [0, 0.05) is 25.0 Å². The highest BCUT2D eigenvalue weighted by Crippen LogP contribution is 2.70. The lowest BCUT2D eigenvalue weighted by atomic mass is 9.42. The van der Waals surface area contributed by atoms with Crippen LogP contribution in [-0.4, -0.2) is 194 Å². The van der Waals surface area contributed by atoms with E-state index in [1.54, 1.807) is 13.0 Å². The van der Waals surface area contributed by atoms with E-state index >= 15 is 0 Å². The molecule has 0 amide bonds. The van der Waals surface area contributed by atoms with Gasteiger partial charge in [0.2, 0.25) is 0 Å². The second-order valence-corrected chi connectivity index (χ2v) is 19.4. The molecule has 24 atom stereocenters. The summed E-state index contributed by atoms with van der Waals surface area (Å²) in [7, 11) is 1.36. The van der Waals surface area contributed by atoms with Gasteiger partial charge in [-0.1, -0.05) is 13.8 Å². The lowest BCUT2D eigenvalue weighted by Crippen LogP contribution is -2.66. The first-order valence-electron chi connectivity index (χ1n) is 21.9. The van der Waals surface area contributed by atoms with Crippen LogP contribution < -0.4 is 0 Å². The molecule has 0 bridgehead atoms. The molecule has 10 N–H and O–H groups in total. The summed E-state index contributed by atoms with van der Waals surface area (Å²) in [6, 6.07) is 0. The van der Waals surface area contributed by atoms with Crippen molar-refractivity contribution in [2.45, 2.75) is 182 Å². The number of hydrogen-bond donors (Lipinski definition) is 10. The average Bonchev–Trinajstić information content (AvgIpc) is 3.78. The molecule has 19 nitrogen and oxygen atoms in total. The Morgan fingerprint density at radius 3 is 2.08 bits per heavy atom. The molecule has 0 spiro atoms. The highest BCUT2D eigenvalue weighted by Gasteiger charge is 2.69. The quantitative estimate of drug-likeness (QED) is 0.0818. The van der Waals surface area contributed by atoms with Gasteiger partial charge in [0.25, 0.3) is 0 Å². The number of carbonyl (C=O) groups is 1. The predicted molar refractivity (Wildman–Crippen MR) is 204 cm³/mol. The number of hydrogen-bond acceptors (Lipinski definition) is 19. The lowest BCUT2D eigenvalue weighted by Gasteiger charge is -2.64. The van der Waals surface area contributed by atoms with Gasteiger partial charge >= 0.3 is 5.97 Å². The van der Waals surface area contributed by atoms with Crippen molar-refractivity contribution in [2.75, 3.05) is 26.9 Å². The summed E-state index contributed by atoms with van der Waals surface area (Å²) in [5, 5.41) is 109. The van der Waals surface area contributed by atoms with Gasteiger partial charge in [0.1, 0.15) is 73.8 Å². The van der Waals surface area contributed by atoms with Gasteiger partial charge in [0.15, 0.2) is 18.9 Å². The maximum Gasteiger partial charge on any atom is 0.331 e. The Bertz CT molecular complexity index is 1600. The summed E-state index contributed by atoms with van der Waals surface area (Å²) in [6.45, 7) is 5.01. The van der Waals surface area contributed by atoms with E-state index in [2.05, 4.69) is 13.8 Å². The molecular formula is C42H66O19. The number of aliphatic hydroxyl groups is 10. The summed E-state index contributed by atoms with van der Waals surface area (Å²) >= 11 is 0. The van der Waals surface area contributed by atoms with E-state index in [0.717, 1.165) is 37.7 Å². The molecule has 8 aliphatic rings. The zero-order chi connectivity index (χ0) is 43.9. The number of esters is 1. The first-order chi connectivity index (χ1) is 28.9. The van der Waals surface area contributed by atoms with Crippen LogP contribution in [0.4, 0.5) is 0 Å². The maximum atomic E-state index is 12.6. The third-order valence-corrected chi connectivity index (χ3v) is 16.6. The van der Waals surface area contributed by atoms with Crippen LogP contribution in [-0.2, 0) is 42.7 Å². The van der Waals surface area contributed by atoms with Gasteiger partial charge in [-0.3, -0.25) is 0 Å². The fourth-order valence-electron chi connectivity index (χ4n) is 13.0. The minimum Gasteiger partial charge on any atom is -0.458 e. The van der Waals surface area contributed by atoms with Crippen molar-refractivity contribution in [3.05, 3.63) is 11.6 Å². The third kappa shape index (κ3) is 7.63. The van der Waals surface area contributed by atoms with Crippen LogP contribution in [0.15, 0.2) is 11.6 Å². The third-order valence-electron chi connectivity index (χ3n) is 16.6. The number of aliphatic hydroxyl groups excluding tert-OH is 9. The number of carbonyl (C=O) groups excluding carboxylic acids is 1. The van der Waals surface area contributed by atoms with Crippen LogP contribution in [0.1, 0.15) is 72.1 Å². The van der Waals surface area contributed by atoms with Crippen molar-refractivity contribution in [1.82, 2.24) is 0 Å². The molecule has 19 heteroatoms. The van der Waals surface area contributed by atoms with E-state index in [0.29, 0.717) is 12.8 Å². The maximum absolute atomic E-state index is 12.6. The highest BCUT2D eigenvalue weighted by molar-refractivity contribution is 5.85. The van der Waals surface area contributed by atoms with Gasteiger partial charge < -0.3 is 89.0 Å². The standard InChI is InChI=1S/C42H66O19/c1-17-35(61-38-33(51)31(49)29(47)25(60-38)16-56-37-32(50)30(48)28(46)24(14-43)59-37)36(54-4)34(52)39(57-17)58-20-12-19-5-6-23-22(41(19,3)26(44)13-20)7-9-40(2)21(8-10-42(23,40)53)18-11-27(45)55-15-18/h11,17,19-26,28-39,43-44,46-53H,5-10,12-16H2,1-4H3/t17-,19+,20+,21+,22-,23+,24+,25+,26+,28+,29+,30-,31-,32+,33+,34+,35+,36-,37+,38-,39-,40+,41-,42-/m0/s1. The summed E-state index contributed by atoms with van der Waals surface area (Å²) in [4.78, 5) is 12.0. The molecule has 4 aliphatic carbocycles. The smallest absolute Gasteiger partial charge is 0.331 e. The number of ether oxygens (including phenoxy) is 8. The van der Waals surface area contributed by atoms with E-state index < -0.39 is 134 Å². The van der Waals surface area contributed by atoms with Crippen LogP contribution in [0.5, 0.6) is 0 Å². The number of fused-ring (bicyclic) bond motifs is 5. The fourth-order valence-corrected chi connectivity index (χ4v) is 13.0. The number of methoxy groups -OCH3 is 1. The molecule has 61 heavy (non-hydrogen) atoms. The van der Waals surface area contributed by atoms with Crippen LogP contribution in [0.2, 0.25) is 0 Å². The molecule has 7 fully saturated rings. The fraction of sp³-hybridized carbons (Fsp3) is 0.929. The summed E-state index contributed by atoms with van der Waals surface area (Å²) in [6.07, 6.45) is -15.9. The Kier molecular flexibility index (Phi) is 13.1. The van der Waals surface area contributed by atoms with Crippen LogP contribution in [0, 0.1) is 34.5 Å².